The Morgan fingerprint density at radius 1 is 1.16 bits per heavy atom. The van der Waals surface area contributed by atoms with Gasteiger partial charge in [-0.1, -0.05) is 6.07 Å². The summed E-state index contributed by atoms with van der Waals surface area (Å²) < 4.78 is 4.31. The Kier molecular flexibility index (Phi) is 5.56. The second-order valence-electron chi connectivity index (χ2n) is 8.60. The van der Waals surface area contributed by atoms with Crippen molar-refractivity contribution in [3.63, 3.8) is 0 Å². The van der Waals surface area contributed by atoms with E-state index < -0.39 is 0 Å². The molecule has 0 aromatic carbocycles. The smallest absolute Gasteiger partial charge is 0.150 e. The molecule has 0 aliphatic carbocycles. The predicted octanol–water partition coefficient (Wildman–Crippen LogP) is 1.52. The lowest BCUT2D eigenvalue weighted by Gasteiger charge is -2.29. The number of rotatable bonds is 6. The van der Waals surface area contributed by atoms with Gasteiger partial charge in [0.25, 0.3) is 0 Å². The van der Waals surface area contributed by atoms with Crippen LogP contribution in [0.3, 0.4) is 0 Å². The van der Waals surface area contributed by atoms with Gasteiger partial charge in [0.15, 0.2) is 5.82 Å². The molecule has 0 spiro atoms. The number of fused-ring (bicyclic) bond motifs is 1. The molecule has 2 aliphatic rings. The lowest BCUT2D eigenvalue weighted by atomic mass is 10.1. The number of likely N-dealkylation sites (tertiary alicyclic amines) is 1. The predicted molar refractivity (Wildman–Crippen MR) is 115 cm³/mol. The van der Waals surface area contributed by atoms with Gasteiger partial charge in [-0.3, -0.25) is 19.5 Å². The molecule has 9 heteroatoms. The highest BCUT2D eigenvalue weighted by molar-refractivity contribution is 5.17. The summed E-state index contributed by atoms with van der Waals surface area (Å²) >= 11 is 0. The summed E-state index contributed by atoms with van der Waals surface area (Å²) in [6.07, 6.45) is 6.02. The molecule has 31 heavy (non-hydrogen) atoms. The molecule has 0 bridgehead atoms. The van der Waals surface area contributed by atoms with Crippen molar-refractivity contribution in [3.8, 4) is 0 Å². The maximum Gasteiger partial charge on any atom is 0.150 e. The normalized spacial score (nSPS) is 22.2. The standard InChI is InChI=1S/C22H30N8O/c1-3-30-16(2)18(11-24-30)13-27-7-8-29-21(15-27)25-26-22(29)20-9-19(31)14-28(20)12-17-5-4-6-23-10-17/h4-6,10-11,19-20,31H,3,7-9,12-15H2,1-2H3/t19-,20+/m1/s1. The van der Waals surface area contributed by atoms with Gasteiger partial charge in [-0.2, -0.15) is 5.10 Å². The Labute approximate surface area is 182 Å². The molecule has 0 saturated carbocycles. The van der Waals surface area contributed by atoms with Gasteiger partial charge >= 0.3 is 0 Å². The van der Waals surface area contributed by atoms with E-state index in [2.05, 4.69) is 54.6 Å². The van der Waals surface area contributed by atoms with Crippen molar-refractivity contribution < 1.29 is 5.11 Å². The molecule has 5 rings (SSSR count). The molecular formula is C22H30N8O. The van der Waals surface area contributed by atoms with Gasteiger partial charge in [0.1, 0.15) is 5.82 Å². The zero-order valence-corrected chi connectivity index (χ0v) is 18.2. The van der Waals surface area contributed by atoms with E-state index in [1.54, 1.807) is 6.20 Å². The van der Waals surface area contributed by atoms with E-state index >= 15 is 0 Å². The van der Waals surface area contributed by atoms with E-state index in [1.165, 1.54) is 11.3 Å². The molecule has 1 N–H and O–H groups in total. The number of aliphatic hydroxyl groups is 1. The molecule has 0 unspecified atom stereocenters. The Balaban J connectivity index is 1.31. The topological polar surface area (TPSA) is 88.1 Å². The zero-order valence-electron chi connectivity index (χ0n) is 18.2. The molecule has 9 nitrogen and oxygen atoms in total. The van der Waals surface area contributed by atoms with Crippen LogP contribution in [0.5, 0.6) is 0 Å². The molecule has 3 aromatic heterocycles. The monoisotopic (exact) mass is 422 g/mol. The maximum absolute atomic E-state index is 10.4. The van der Waals surface area contributed by atoms with E-state index in [0.29, 0.717) is 13.0 Å². The number of pyridine rings is 1. The minimum absolute atomic E-state index is 0.0769. The summed E-state index contributed by atoms with van der Waals surface area (Å²) in [7, 11) is 0. The number of aromatic nitrogens is 6. The van der Waals surface area contributed by atoms with Gasteiger partial charge < -0.3 is 9.67 Å². The fraction of sp³-hybridized carbons (Fsp3) is 0.545. The molecule has 2 aliphatic heterocycles. The van der Waals surface area contributed by atoms with E-state index in [9.17, 15) is 5.11 Å². The minimum Gasteiger partial charge on any atom is -0.392 e. The lowest BCUT2D eigenvalue weighted by Crippen LogP contribution is -2.35. The van der Waals surface area contributed by atoms with Gasteiger partial charge in [0, 0.05) is 62.9 Å². The second kappa shape index (κ2) is 8.49. The SMILES string of the molecule is CCn1ncc(CN2CCn3c(nnc3[C@@H]3C[C@@H](O)CN3Cc3cccnc3)C2)c1C. The van der Waals surface area contributed by atoms with Crippen molar-refractivity contribution in [2.24, 2.45) is 0 Å². The van der Waals surface area contributed by atoms with E-state index in [4.69, 9.17) is 0 Å². The van der Waals surface area contributed by atoms with Crippen LogP contribution in [0.2, 0.25) is 0 Å². The Morgan fingerprint density at radius 2 is 2.06 bits per heavy atom. The third-order valence-corrected chi connectivity index (χ3v) is 6.55. The van der Waals surface area contributed by atoms with Crippen LogP contribution >= 0.6 is 0 Å². The van der Waals surface area contributed by atoms with E-state index in [0.717, 1.165) is 56.5 Å². The van der Waals surface area contributed by atoms with Crippen molar-refractivity contribution >= 4 is 0 Å². The van der Waals surface area contributed by atoms with Crippen LogP contribution in [0.25, 0.3) is 0 Å². The minimum atomic E-state index is -0.340. The van der Waals surface area contributed by atoms with E-state index in [1.807, 2.05) is 23.1 Å². The van der Waals surface area contributed by atoms with Crippen molar-refractivity contribution in [2.45, 2.75) is 65.1 Å². The molecule has 3 aromatic rings. The summed E-state index contributed by atoms with van der Waals surface area (Å²) in [5, 5.41) is 24.0. The average Bonchev–Trinajstić information content (AvgIpc) is 3.46. The quantitative estimate of drug-likeness (QED) is 0.644. The number of β-amino-alcohol motifs (C(OH)–C–C–N with tert-alkyl or cyclic N) is 1. The van der Waals surface area contributed by atoms with Crippen molar-refractivity contribution in [2.75, 3.05) is 13.1 Å². The molecule has 2 atom stereocenters. The van der Waals surface area contributed by atoms with Crippen molar-refractivity contribution in [3.05, 3.63) is 59.2 Å². The van der Waals surface area contributed by atoms with Crippen LogP contribution in [0.4, 0.5) is 0 Å². The number of aliphatic hydroxyl groups excluding tert-OH is 1. The molecule has 0 radical (unpaired) electrons. The van der Waals surface area contributed by atoms with Crippen LogP contribution in [0.15, 0.2) is 30.7 Å². The first-order valence-electron chi connectivity index (χ1n) is 11.1. The Morgan fingerprint density at radius 3 is 2.84 bits per heavy atom. The van der Waals surface area contributed by atoms with Crippen LogP contribution in [0, 0.1) is 6.92 Å². The van der Waals surface area contributed by atoms with Crippen LogP contribution in [-0.2, 0) is 32.7 Å². The first-order chi connectivity index (χ1) is 15.1. The fourth-order valence-corrected chi connectivity index (χ4v) is 4.86. The summed E-state index contributed by atoms with van der Waals surface area (Å²) in [5.74, 6) is 1.98. The van der Waals surface area contributed by atoms with Crippen molar-refractivity contribution in [1.29, 1.82) is 0 Å². The molecule has 1 fully saturated rings. The van der Waals surface area contributed by atoms with Gasteiger partial charge in [0.05, 0.1) is 24.9 Å². The molecule has 1 saturated heterocycles. The Hall–Kier alpha value is -2.62. The fourth-order valence-electron chi connectivity index (χ4n) is 4.86. The first-order valence-corrected chi connectivity index (χ1v) is 11.1. The lowest BCUT2D eigenvalue weighted by molar-refractivity contribution is 0.171. The van der Waals surface area contributed by atoms with Gasteiger partial charge in [0.2, 0.25) is 0 Å². The van der Waals surface area contributed by atoms with Crippen LogP contribution < -0.4 is 0 Å². The largest absolute Gasteiger partial charge is 0.392 e. The highest BCUT2D eigenvalue weighted by Gasteiger charge is 2.36. The van der Waals surface area contributed by atoms with E-state index in [-0.39, 0.29) is 12.1 Å². The van der Waals surface area contributed by atoms with Crippen LogP contribution in [-0.4, -0.2) is 63.6 Å². The molecule has 164 valence electrons. The molecule has 5 heterocycles. The van der Waals surface area contributed by atoms with Crippen molar-refractivity contribution in [1.82, 2.24) is 39.3 Å². The number of aryl methyl sites for hydroxylation is 1. The Bertz CT molecular complexity index is 1030. The molecular weight excluding hydrogens is 392 g/mol. The number of hydrogen-bond acceptors (Lipinski definition) is 7. The number of nitrogens with zero attached hydrogens (tertiary/aromatic N) is 8. The third-order valence-electron chi connectivity index (χ3n) is 6.55. The van der Waals surface area contributed by atoms with Gasteiger partial charge in [-0.25, -0.2) is 0 Å². The third kappa shape index (κ3) is 4.00. The summed E-state index contributed by atoms with van der Waals surface area (Å²) in [6, 6.07) is 4.11. The zero-order chi connectivity index (χ0) is 21.4. The summed E-state index contributed by atoms with van der Waals surface area (Å²) in [4.78, 5) is 8.94. The average molecular weight is 423 g/mol. The van der Waals surface area contributed by atoms with Gasteiger partial charge in [-0.15, -0.1) is 10.2 Å². The summed E-state index contributed by atoms with van der Waals surface area (Å²) in [6.45, 7) is 10.0. The first kappa shape index (κ1) is 20.3. The maximum atomic E-state index is 10.4. The molecule has 0 amide bonds. The second-order valence-corrected chi connectivity index (χ2v) is 8.60. The number of hydrogen-bond donors (Lipinski definition) is 1. The van der Waals surface area contributed by atoms with Crippen LogP contribution in [0.1, 0.15) is 47.9 Å². The highest BCUT2D eigenvalue weighted by atomic mass is 16.3. The van der Waals surface area contributed by atoms with Gasteiger partial charge in [-0.05, 0) is 31.9 Å². The highest BCUT2D eigenvalue weighted by Crippen LogP contribution is 2.33. The summed E-state index contributed by atoms with van der Waals surface area (Å²) in [5.41, 5.74) is 3.66.